The molecule has 3 N–H and O–H groups in total. The molecule has 0 spiro atoms. The van der Waals surface area contributed by atoms with E-state index < -0.39 is 29.0 Å². The Morgan fingerprint density at radius 2 is 1.62 bits per heavy atom. The van der Waals surface area contributed by atoms with Gasteiger partial charge >= 0.3 is 11.9 Å². The molecule has 2 aromatic carbocycles. The summed E-state index contributed by atoms with van der Waals surface area (Å²) in [6, 6.07) is 13.6. The van der Waals surface area contributed by atoms with Crippen molar-refractivity contribution in [2.45, 2.75) is 29.9 Å². The number of hydrogen-bond acceptors (Lipinski definition) is 6. The highest BCUT2D eigenvalue weighted by Gasteiger charge is 2.34. The van der Waals surface area contributed by atoms with Gasteiger partial charge < -0.3 is 20.5 Å². The third kappa shape index (κ3) is 6.26. The second kappa shape index (κ2) is 11.5. The van der Waals surface area contributed by atoms with Crippen LogP contribution in [0.15, 0.2) is 65.6 Å². The Hall–Kier alpha value is -3.59. The smallest absolute Gasteiger partial charge is 0.339 e. The SMILES string of the molecule is COC(=O)c1ccccc1NC(=O)C(C)Sc1ccc(NC(=O)C2CC=CCC2C(=O)O)cc1. The van der Waals surface area contributed by atoms with Crippen molar-refractivity contribution >= 4 is 46.9 Å². The maximum atomic E-state index is 12.7. The first-order valence-corrected chi connectivity index (χ1v) is 11.6. The lowest BCUT2D eigenvalue weighted by atomic mass is 9.82. The summed E-state index contributed by atoms with van der Waals surface area (Å²) < 4.78 is 4.75. The number of allylic oxidation sites excluding steroid dienone is 2. The van der Waals surface area contributed by atoms with Crippen LogP contribution in [0.25, 0.3) is 0 Å². The molecule has 1 aliphatic rings. The van der Waals surface area contributed by atoms with Gasteiger partial charge in [0.2, 0.25) is 11.8 Å². The molecule has 178 valence electrons. The molecular weight excluding hydrogens is 456 g/mol. The molecule has 3 atom stereocenters. The molecule has 9 heteroatoms. The van der Waals surface area contributed by atoms with Crippen molar-refractivity contribution in [1.29, 1.82) is 0 Å². The number of amides is 2. The average molecular weight is 483 g/mol. The van der Waals surface area contributed by atoms with E-state index in [1.807, 2.05) is 6.08 Å². The summed E-state index contributed by atoms with van der Waals surface area (Å²) in [5.74, 6) is -3.46. The van der Waals surface area contributed by atoms with Crippen LogP contribution in [0, 0.1) is 11.8 Å². The standard InChI is InChI=1S/C25H26N2O6S/c1-15(22(28)27-21-10-6-5-9-20(21)25(32)33-2)34-17-13-11-16(12-14-17)26-23(29)18-7-3-4-8-19(18)24(30)31/h3-6,9-15,18-19H,7-8H2,1-2H3,(H,26,29)(H,27,28)(H,30,31). The second-order valence-corrected chi connectivity index (χ2v) is 9.21. The fraction of sp³-hybridized carbons (Fsp3) is 0.280. The van der Waals surface area contributed by atoms with Crippen LogP contribution in [0.2, 0.25) is 0 Å². The van der Waals surface area contributed by atoms with Crippen molar-refractivity contribution < 1.29 is 29.0 Å². The lowest BCUT2D eigenvalue weighted by Gasteiger charge is -2.24. The summed E-state index contributed by atoms with van der Waals surface area (Å²) in [6.07, 6.45) is 4.36. The molecule has 0 bridgehead atoms. The third-order valence-electron chi connectivity index (χ3n) is 5.48. The summed E-state index contributed by atoms with van der Waals surface area (Å²) in [7, 11) is 1.28. The molecule has 0 fully saturated rings. The molecule has 0 heterocycles. The molecule has 2 aromatic rings. The van der Waals surface area contributed by atoms with Gasteiger partial charge in [-0.15, -0.1) is 11.8 Å². The number of carboxylic acid groups (broad SMARTS) is 1. The Labute approximate surface area is 201 Å². The predicted molar refractivity (Wildman–Crippen MR) is 130 cm³/mol. The number of carbonyl (C=O) groups is 4. The fourth-order valence-electron chi connectivity index (χ4n) is 3.60. The maximum Gasteiger partial charge on any atom is 0.339 e. The summed E-state index contributed by atoms with van der Waals surface area (Å²) in [5.41, 5.74) is 1.20. The highest BCUT2D eigenvalue weighted by Crippen LogP contribution is 2.29. The number of esters is 1. The number of carboxylic acids is 1. The summed E-state index contributed by atoms with van der Waals surface area (Å²) >= 11 is 1.32. The normalized spacial score (nSPS) is 17.9. The largest absolute Gasteiger partial charge is 0.481 e. The average Bonchev–Trinajstić information content (AvgIpc) is 2.84. The molecule has 1 aliphatic carbocycles. The van der Waals surface area contributed by atoms with Gasteiger partial charge in [-0.25, -0.2) is 4.79 Å². The Kier molecular flexibility index (Phi) is 8.48. The maximum absolute atomic E-state index is 12.7. The van der Waals surface area contributed by atoms with Gasteiger partial charge in [-0.1, -0.05) is 24.3 Å². The second-order valence-electron chi connectivity index (χ2n) is 7.79. The van der Waals surface area contributed by atoms with E-state index in [1.165, 1.54) is 18.9 Å². The summed E-state index contributed by atoms with van der Waals surface area (Å²) in [4.78, 5) is 49.4. The van der Waals surface area contributed by atoms with Gasteiger partial charge in [-0.3, -0.25) is 14.4 Å². The van der Waals surface area contributed by atoms with Crippen LogP contribution in [0.5, 0.6) is 0 Å². The van der Waals surface area contributed by atoms with E-state index in [0.717, 1.165) is 4.90 Å². The number of thioether (sulfide) groups is 1. The molecule has 2 amide bonds. The number of carbonyl (C=O) groups excluding carboxylic acids is 3. The lowest BCUT2D eigenvalue weighted by Crippen LogP contribution is -2.34. The van der Waals surface area contributed by atoms with Crippen molar-refractivity contribution in [3.8, 4) is 0 Å². The molecule has 0 saturated heterocycles. The van der Waals surface area contributed by atoms with E-state index >= 15 is 0 Å². The van der Waals surface area contributed by atoms with Gasteiger partial charge in [0.25, 0.3) is 0 Å². The first-order valence-electron chi connectivity index (χ1n) is 10.7. The topological polar surface area (TPSA) is 122 Å². The van der Waals surface area contributed by atoms with Crippen LogP contribution < -0.4 is 10.6 Å². The third-order valence-corrected chi connectivity index (χ3v) is 6.59. The van der Waals surface area contributed by atoms with Crippen molar-refractivity contribution in [2.75, 3.05) is 17.7 Å². The molecule has 3 rings (SSSR count). The van der Waals surface area contributed by atoms with Gasteiger partial charge in [-0.2, -0.15) is 0 Å². The van der Waals surface area contributed by atoms with Crippen LogP contribution in [0.3, 0.4) is 0 Å². The van der Waals surface area contributed by atoms with Gasteiger partial charge in [-0.05, 0) is 56.2 Å². The van der Waals surface area contributed by atoms with Crippen molar-refractivity contribution in [3.63, 3.8) is 0 Å². The Morgan fingerprint density at radius 3 is 2.26 bits per heavy atom. The molecule has 8 nitrogen and oxygen atoms in total. The first kappa shape index (κ1) is 25.0. The number of benzene rings is 2. The van der Waals surface area contributed by atoms with E-state index in [1.54, 1.807) is 61.5 Å². The minimum absolute atomic E-state index is 0.272. The number of para-hydroxylation sites is 1. The molecule has 0 saturated carbocycles. The van der Waals surface area contributed by atoms with Crippen LogP contribution in [-0.2, 0) is 19.1 Å². The summed E-state index contributed by atoms with van der Waals surface area (Å²) in [6.45, 7) is 1.75. The Balaban J connectivity index is 1.58. The Bertz CT molecular complexity index is 1100. The zero-order valence-corrected chi connectivity index (χ0v) is 19.6. The zero-order valence-electron chi connectivity index (χ0n) is 18.8. The minimum atomic E-state index is -0.974. The number of rotatable bonds is 8. The number of nitrogens with one attached hydrogen (secondary N) is 2. The van der Waals surface area contributed by atoms with Crippen LogP contribution in [0.4, 0.5) is 11.4 Å². The minimum Gasteiger partial charge on any atom is -0.481 e. The molecule has 0 aromatic heterocycles. The van der Waals surface area contributed by atoms with E-state index in [-0.39, 0.29) is 17.4 Å². The van der Waals surface area contributed by atoms with Gasteiger partial charge in [0.15, 0.2) is 0 Å². The zero-order chi connectivity index (χ0) is 24.7. The van der Waals surface area contributed by atoms with Crippen molar-refractivity contribution in [2.24, 2.45) is 11.8 Å². The predicted octanol–water partition coefficient (Wildman–Crippen LogP) is 4.20. The lowest BCUT2D eigenvalue weighted by molar-refractivity contribution is -0.146. The quantitative estimate of drug-likeness (QED) is 0.293. The number of aliphatic carboxylic acids is 1. The van der Waals surface area contributed by atoms with E-state index in [0.29, 0.717) is 24.2 Å². The van der Waals surface area contributed by atoms with Crippen LogP contribution in [0.1, 0.15) is 30.1 Å². The molecule has 0 aliphatic heterocycles. The number of ether oxygens (including phenoxy) is 1. The van der Waals surface area contributed by atoms with Gasteiger partial charge in [0, 0.05) is 10.6 Å². The first-order chi connectivity index (χ1) is 16.3. The summed E-state index contributed by atoms with van der Waals surface area (Å²) in [5, 5.41) is 14.5. The van der Waals surface area contributed by atoms with E-state index in [4.69, 9.17) is 4.74 Å². The van der Waals surface area contributed by atoms with Crippen molar-refractivity contribution in [1.82, 2.24) is 0 Å². The highest BCUT2D eigenvalue weighted by molar-refractivity contribution is 8.00. The molecular formula is C25H26N2O6S. The van der Waals surface area contributed by atoms with Gasteiger partial charge in [0.1, 0.15) is 0 Å². The number of methoxy groups -OCH3 is 1. The molecule has 0 radical (unpaired) electrons. The van der Waals surface area contributed by atoms with Crippen LogP contribution >= 0.6 is 11.8 Å². The van der Waals surface area contributed by atoms with Gasteiger partial charge in [0.05, 0.1) is 35.4 Å². The number of anilines is 2. The molecule has 3 unspecified atom stereocenters. The van der Waals surface area contributed by atoms with Crippen molar-refractivity contribution in [3.05, 3.63) is 66.2 Å². The highest BCUT2D eigenvalue weighted by atomic mass is 32.2. The number of hydrogen-bond donors (Lipinski definition) is 3. The monoisotopic (exact) mass is 482 g/mol. The van der Waals surface area contributed by atoms with Crippen LogP contribution in [-0.4, -0.2) is 41.2 Å². The molecule has 34 heavy (non-hydrogen) atoms. The fourth-order valence-corrected chi connectivity index (χ4v) is 4.47. The van der Waals surface area contributed by atoms with E-state index in [2.05, 4.69) is 10.6 Å². The van der Waals surface area contributed by atoms with E-state index in [9.17, 15) is 24.3 Å². The Morgan fingerprint density at radius 1 is 0.971 bits per heavy atom.